The summed E-state index contributed by atoms with van der Waals surface area (Å²) in [6.45, 7) is 7.43. The van der Waals surface area contributed by atoms with Crippen LogP contribution in [0.25, 0.3) is 0 Å². The number of halogens is 1. The largest absolute Gasteiger partial charge is 0.308 e. The Kier molecular flexibility index (Phi) is 4.00. The Morgan fingerprint density at radius 1 is 1.44 bits per heavy atom. The third-order valence-electron chi connectivity index (χ3n) is 3.62. The summed E-state index contributed by atoms with van der Waals surface area (Å²) in [4.78, 5) is 0. The Morgan fingerprint density at radius 2 is 2.22 bits per heavy atom. The van der Waals surface area contributed by atoms with Crippen LogP contribution in [0.3, 0.4) is 0 Å². The van der Waals surface area contributed by atoms with Gasteiger partial charge in [-0.2, -0.15) is 0 Å². The van der Waals surface area contributed by atoms with Crippen molar-refractivity contribution in [3.05, 3.63) is 34.3 Å². The SMILES string of the molecule is CC#CCCNC1c2cc(Cl)ccc2CC1(C)C. The summed E-state index contributed by atoms with van der Waals surface area (Å²) in [6, 6.07) is 6.63. The zero-order valence-corrected chi connectivity index (χ0v) is 12.1. The molecule has 0 saturated heterocycles. The Balaban J connectivity index is 2.17. The van der Waals surface area contributed by atoms with E-state index in [1.165, 1.54) is 11.1 Å². The van der Waals surface area contributed by atoms with Crippen LogP contribution in [-0.2, 0) is 6.42 Å². The zero-order chi connectivity index (χ0) is 13.2. The summed E-state index contributed by atoms with van der Waals surface area (Å²) in [5.41, 5.74) is 3.02. The van der Waals surface area contributed by atoms with E-state index in [1.807, 2.05) is 13.0 Å². The van der Waals surface area contributed by atoms with Crippen LogP contribution in [0.4, 0.5) is 0 Å². The summed E-state index contributed by atoms with van der Waals surface area (Å²) >= 11 is 6.12. The Hall–Kier alpha value is -0.970. The number of fused-ring (bicyclic) bond motifs is 1. The standard InChI is InChI=1S/C16H20ClN/c1-4-5-6-9-18-15-14-10-13(17)8-7-12(14)11-16(15,2)3/h7-8,10,15,18H,6,9,11H2,1-3H3. The van der Waals surface area contributed by atoms with Gasteiger partial charge in [-0.15, -0.1) is 11.8 Å². The molecule has 0 aromatic heterocycles. The van der Waals surface area contributed by atoms with Crippen molar-refractivity contribution in [2.24, 2.45) is 5.41 Å². The van der Waals surface area contributed by atoms with Crippen LogP contribution in [0.2, 0.25) is 5.02 Å². The third-order valence-corrected chi connectivity index (χ3v) is 3.86. The number of benzene rings is 1. The predicted molar refractivity (Wildman–Crippen MR) is 77.7 cm³/mol. The van der Waals surface area contributed by atoms with Crippen molar-refractivity contribution < 1.29 is 0 Å². The van der Waals surface area contributed by atoms with Gasteiger partial charge in [0.25, 0.3) is 0 Å². The van der Waals surface area contributed by atoms with Crippen molar-refractivity contribution in [2.45, 2.75) is 39.7 Å². The fraction of sp³-hybridized carbons (Fsp3) is 0.500. The molecule has 1 aromatic carbocycles. The van der Waals surface area contributed by atoms with E-state index in [1.54, 1.807) is 0 Å². The van der Waals surface area contributed by atoms with Crippen LogP contribution in [0.15, 0.2) is 18.2 Å². The number of rotatable bonds is 3. The van der Waals surface area contributed by atoms with Crippen molar-refractivity contribution in [3.8, 4) is 11.8 Å². The molecule has 1 aromatic rings. The molecule has 0 radical (unpaired) electrons. The molecule has 0 bridgehead atoms. The van der Waals surface area contributed by atoms with E-state index in [0.717, 1.165) is 24.4 Å². The van der Waals surface area contributed by atoms with Gasteiger partial charge in [0.1, 0.15) is 0 Å². The summed E-state index contributed by atoms with van der Waals surface area (Å²) in [6.07, 6.45) is 2.01. The van der Waals surface area contributed by atoms with Gasteiger partial charge in [-0.25, -0.2) is 0 Å². The Labute approximate surface area is 115 Å². The number of hydrogen-bond donors (Lipinski definition) is 1. The quantitative estimate of drug-likeness (QED) is 0.641. The number of hydrogen-bond acceptors (Lipinski definition) is 1. The first kappa shape index (κ1) is 13.5. The van der Waals surface area contributed by atoms with Crippen LogP contribution >= 0.6 is 11.6 Å². The van der Waals surface area contributed by atoms with Gasteiger partial charge in [0.05, 0.1) is 0 Å². The average Bonchev–Trinajstić information content (AvgIpc) is 2.55. The molecule has 0 fully saturated rings. The molecule has 1 unspecified atom stereocenters. The van der Waals surface area contributed by atoms with Crippen LogP contribution in [0.1, 0.15) is 44.4 Å². The van der Waals surface area contributed by atoms with Gasteiger partial charge in [0.15, 0.2) is 0 Å². The minimum Gasteiger partial charge on any atom is -0.308 e. The van der Waals surface area contributed by atoms with Crippen LogP contribution in [-0.4, -0.2) is 6.54 Å². The second-order valence-corrected chi connectivity index (χ2v) is 6.01. The van der Waals surface area contributed by atoms with E-state index in [9.17, 15) is 0 Å². The third kappa shape index (κ3) is 2.71. The van der Waals surface area contributed by atoms with E-state index >= 15 is 0 Å². The van der Waals surface area contributed by atoms with E-state index in [-0.39, 0.29) is 5.41 Å². The van der Waals surface area contributed by atoms with Gasteiger partial charge < -0.3 is 5.32 Å². The van der Waals surface area contributed by atoms with Crippen LogP contribution in [0, 0.1) is 17.3 Å². The molecule has 1 nitrogen and oxygen atoms in total. The highest BCUT2D eigenvalue weighted by atomic mass is 35.5. The first-order chi connectivity index (χ1) is 8.54. The lowest BCUT2D eigenvalue weighted by atomic mass is 9.85. The van der Waals surface area contributed by atoms with Gasteiger partial charge >= 0.3 is 0 Å². The minimum absolute atomic E-state index is 0.243. The molecule has 1 N–H and O–H groups in total. The molecule has 0 amide bonds. The molecule has 0 spiro atoms. The van der Waals surface area contributed by atoms with E-state index in [0.29, 0.717) is 6.04 Å². The molecular weight excluding hydrogens is 242 g/mol. The highest BCUT2D eigenvalue weighted by Crippen LogP contribution is 2.45. The zero-order valence-electron chi connectivity index (χ0n) is 11.3. The fourth-order valence-corrected chi connectivity index (χ4v) is 2.98. The first-order valence-corrected chi connectivity index (χ1v) is 6.84. The second kappa shape index (κ2) is 5.34. The number of nitrogens with one attached hydrogen (secondary N) is 1. The molecule has 2 heteroatoms. The van der Waals surface area contributed by atoms with Crippen LogP contribution < -0.4 is 5.32 Å². The fourth-order valence-electron chi connectivity index (χ4n) is 2.80. The van der Waals surface area contributed by atoms with Crippen molar-refractivity contribution in [1.82, 2.24) is 5.32 Å². The summed E-state index contributed by atoms with van der Waals surface area (Å²) in [5.74, 6) is 6.03. The van der Waals surface area contributed by atoms with Gasteiger partial charge in [0.2, 0.25) is 0 Å². The molecule has 18 heavy (non-hydrogen) atoms. The van der Waals surface area contributed by atoms with Gasteiger partial charge in [-0.3, -0.25) is 0 Å². The molecule has 96 valence electrons. The first-order valence-electron chi connectivity index (χ1n) is 6.46. The molecular formula is C16H20ClN. The normalized spacial score (nSPS) is 20.1. The van der Waals surface area contributed by atoms with E-state index < -0.39 is 0 Å². The maximum absolute atomic E-state index is 6.12. The molecule has 0 heterocycles. The van der Waals surface area contributed by atoms with Gasteiger partial charge in [-0.1, -0.05) is 31.5 Å². The van der Waals surface area contributed by atoms with Crippen molar-refractivity contribution in [1.29, 1.82) is 0 Å². The Bertz CT molecular complexity index is 494. The lowest BCUT2D eigenvalue weighted by Gasteiger charge is -2.28. The highest BCUT2D eigenvalue weighted by molar-refractivity contribution is 6.30. The predicted octanol–water partition coefficient (Wildman–Crippen LogP) is 3.97. The molecule has 2 rings (SSSR count). The maximum Gasteiger partial charge on any atom is 0.0409 e. The van der Waals surface area contributed by atoms with Crippen molar-refractivity contribution in [3.63, 3.8) is 0 Å². The van der Waals surface area contributed by atoms with Gasteiger partial charge in [0, 0.05) is 24.0 Å². The average molecular weight is 262 g/mol. The molecule has 1 aliphatic carbocycles. The summed E-state index contributed by atoms with van der Waals surface area (Å²) in [7, 11) is 0. The van der Waals surface area contributed by atoms with Crippen molar-refractivity contribution in [2.75, 3.05) is 6.54 Å². The molecule has 0 saturated carbocycles. The summed E-state index contributed by atoms with van der Waals surface area (Å²) < 4.78 is 0. The molecule has 1 aliphatic rings. The Morgan fingerprint density at radius 3 is 2.94 bits per heavy atom. The van der Waals surface area contributed by atoms with Gasteiger partial charge in [-0.05, 0) is 42.0 Å². The second-order valence-electron chi connectivity index (χ2n) is 5.57. The highest BCUT2D eigenvalue weighted by Gasteiger charge is 2.38. The summed E-state index contributed by atoms with van der Waals surface area (Å²) in [5, 5.41) is 4.45. The van der Waals surface area contributed by atoms with Crippen molar-refractivity contribution >= 4 is 11.6 Å². The molecule has 0 aliphatic heterocycles. The maximum atomic E-state index is 6.12. The topological polar surface area (TPSA) is 12.0 Å². The van der Waals surface area contributed by atoms with Crippen LogP contribution in [0.5, 0.6) is 0 Å². The monoisotopic (exact) mass is 261 g/mol. The lowest BCUT2D eigenvalue weighted by Crippen LogP contribution is -2.31. The lowest BCUT2D eigenvalue weighted by molar-refractivity contribution is 0.271. The van der Waals surface area contributed by atoms with E-state index in [4.69, 9.17) is 11.6 Å². The molecule has 1 atom stereocenters. The smallest absolute Gasteiger partial charge is 0.0409 e. The minimum atomic E-state index is 0.243. The van der Waals surface area contributed by atoms with E-state index in [2.05, 4.69) is 43.1 Å².